The summed E-state index contributed by atoms with van der Waals surface area (Å²) in [5.74, 6) is -0.246. The number of benzene rings is 1. The van der Waals surface area contributed by atoms with Crippen LogP contribution in [0.15, 0.2) is 41.9 Å². The van der Waals surface area contributed by atoms with Gasteiger partial charge in [-0.15, -0.1) is 0 Å². The Hall–Kier alpha value is -2.21. The van der Waals surface area contributed by atoms with Crippen molar-refractivity contribution in [1.82, 2.24) is 0 Å². The number of rotatable bonds is 5. The second kappa shape index (κ2) is 9.74. The summed E-state index contributed by atoms with van der Waals surface area (Å²) in [7, 11) is -0.267. The van der Waals surface area contributed by atoms with Crippen molar-refractivity contribution in [2.75, 3.05) is 6.61 Å². The molecule has 162 valence electrons. The van der Waals surface area contributed by atoms with E-state index in [2.05, 4.69) is 40.7 Å². The zero-order valence-electron chi connectivity index (χ0n) is 18.5. The quantitative estimate of drug-likeness (QED) is 0.525. The molecule has 30 heavy (non-hydrogen) atoms. The van der Waals surface area contributed by atoms with Crippen LogP contribution in [-0.2, 0) is 23.6 Å². The highest BCUT2D eigenvalue weighted by atomic mass is 16.7. The van der Waals surface area contributed by atoms with Gasteiger partial charge < -0.3 is 14.0 Å². The highest BCUT2D eigenvalue weighted by molar-refractivity contribution is 6.54. The summed E-state index contributed by atoms with van der Waals surface area (Å²) in [6.07, 6.45) is 6.23. The van der Waals surface area contributed by atoms with Crippen LogP contribution < -0.4 is 0 Å². The minimum absolute atomic E-state index is 0.00240. The maximum atomic E-state index is 12.3. The molecule has 0 N–H and O–H groups in total. The maximum Gasteiger partial charge on any atom is 0.490 e. The molecule has 2 aliphatic rings. The smallest absolute Gasteiger partial charge is 0.461 e. The Morgan fingerprint density at radius 3 is 2.13 bits per heavy atom. The molecule has 1 fully saturated rings. The van der Waals surface area contributed by atoms with Crippen LogP contribution in [0.3, 0.4) is 0 Å². The number of carbonyl (C=O) groups is 1. The molecule has 7 heteroatoms. The van der Waals surface area contributed by atoms with E-state index in [9.17, 15) is 4.79 Å². The molecule has 1 aromatic carbocycles. The predicted molar refractivity (Wildman–Crippen MR) is 112 cm³/mol. The summed E-state index contributed by atoms with van der Waals surface area (Å²) in [5.41, 5.74) is 1.18. The second-order valence-electron chi connectivity index (χ2n) is 8.95. The van der Waals surface area contributed by atoms with Crippen LogP contribution in [0.4, 0.5) is 0 Å². The molecule has 1 unspecified atom stereocenters. The van der Waals surface area contributed by atoms with Gasteiger partial charge in [-0.05, 0) is 71.0 Å². The Labute approximate surface area is 179 Å². The van der Waals surface area contributed by atoms with Gasteiger partial charge in [0.15, 0.2) is 0 Å². The van der Waals surface area contributed by atoms with Crippen molar-refractivity contribution in [3.63, 3.8) is 0 Å². The molecule has 1 aliphatic heterocycles. The standard InChI is InChI=1S/C22H31BO4.CO2/c1-6-22(16-25-19(24)17-10-8-7-9-11-17)14-12-18(13-15-22)23-26-20(2,3)21(4,5)27-23;2-1-3/h7-12H,6,13-16H2,1-5H3;. The van der Waals surface area contributed by atoms with Crippen LogP contribution in [-0.4, -0.2) is 37.0 Å². The number of ether oxygens (including phenoxy) is 1. The topological polar surface area (TPSA) is 78.9 Å². The molecule has 3 rings (SSSR count). The lowest BCUT2D eigenvalue weighted by atomic mass is 9.65. The van der Waals surface area contributed by atoms with Crippen LogP contribution in [0.2, 0.25) is 0 Å². The lowest BCUT2D eigenvalue weighted by molar-refractivity contribution is -0.191. The van der Waals surface area contributed by atoms with Gasteiger partial charge in [0.25, 0.3) is 0 Å². The first-order valence-electron chi connectivity index (χ1n) is 10.4. The summed E-state index contributed by atoms with van der Waals surface area (Å²) < 4.78 is 18.0. The molecular formula is C23H31BO6. The molecule has 0 spiro atoms. The van der Waals surface area contributed by atoms with Gasteiger partial charge in [0.05, 0.1) is 23.4 Å². The van der Waals surface area contributed by atoms with E-state index in [1.54, 1.807) is 12.1 Å². The van der Waals surface area contributed by atoms with Gasteiger partial charge in [0.1, 0.15) is 0 Å². The molecule has 0 saturated carbocycles. The Kier molecular flexibility index (Phi) is 7.81. The first kappa shape index (κ1) is 24.1. The normalized spacial score (nSPS) is 24.2. The van der Waals surface area contributed by atoms with Gasteiger partial charge in [0, 0.05) is 5.41 Å². The molecule has 0 bridgehead atoms. The Bertz CT molecular complexity index is 779. The Morgan fingerprint density at radius 1 is 1.10 bits per heavy atom. The van der Waals surface area contributed by atoms with Crippen molar-refractivity contribution < 1.29 is 28.4 Å². The average Bonchev–Trinajstić information content (AvgIpc) is 2.95. The molecule has 1 aliphatic carbocycles. The van der Waals surface area contributed by atoms with E-state index < -0.39 is 0 Å². The zero-order valence-corrected chi connectivity index (χ0v) is 18.5. The van der Waals surface area contributed by atoms with E-state index in [1.807, 2.05) is 18.2 Å². The first-order chi connectivity index (χ1) is 14.1. The van der Waals surface area contributed by atoms with E-state index in [0.29, 0.717) is 12.2 Å². The average molecular weight is 414 g/mol. The highest BCUT2D eigenvalue weighted by Gasteiger charge is 2.52. The number of carbonyl (C=O) groups excluding carboxylic acids is 3. The van der Waals surface area contributed by atoms with Crippen molar-refractivity contribution in [1.29, 1.82) is 0 Å². The molecular weight excluding hydrogens is 383 g/mol. The van der Waals surface area contributed by atoms with E-state index in [1.165, 1.54) is 5.47 Å². The molecule has 1 saturated heterocycles. The van der Waals surface area contributed by atoms with Crippen molar-refractivity contribution in [3.05, 3.63) is 47.4 Å². The molecule has 6 nitrogen and oxygen atoms in total. The Morgan fingerprint density at radius 2 is 1.67 bits per heavy atom. The van der Waals surface area contributed by atoms with Crippen molar-refractivity contribution in [2.24, 2.45) is 5.41 Å². The summed E-state index contributed by atoms with van der Waals surface area (Å²) in [5, 5.41) is 0. The van der Waals surface area contributed by atoms with Crippen molar-refractivity contribution in [3.8, 4) is 0 Å². The largest absolute Gasteiger partial charge is 0.490 e. The van der Waals surface area contributed by atoms with Crippen LogP contribution in [0.25, 0.3) is 0 Å². The summed E-state index contributed by atoms with van der Waals surface area (Å²) in [6.45, 7) is 10.9. The lowest BCUT2D eigenvalue weighted by Gasteiger charge is -2.35. The lowest BCUT2D eigenvalue weighted by Crippen LogP contribution is -2.41. The minimum Gasteiger partial charge on any atom is -0.461 e. The van der Waals surface area contributed by atoms with Gasteiger partial charge >= 0.3 is 19.2 Å². The Balaban J connectivity index is 0.00000101. The van der Waals surface area contributed by atoms with Crippen molar-refractivity contribution >= 4 is 19.2 Å². The molecule has 1 heterocycles. The van der Waals surface area contributed by atoms with Gasteiger partial charge in [0.2, 0.25) is 0 Å². The van der Waals surface area contributed by atoms with E-state index in [-0.39, 0.29) is 35.9 Å². The summed E-state index contributed by atoms with van der Waals surface area (Å²) >= 11 is 0. The third kappa shape index (κ3) is 5.48. The molecule has 0 amide bonds. The third-order valence-electron chi connectivity index (χ3n) is 6.57. The molecule has 1 atom stereocenters. The van der Waals surface area contributed by atoms with E-state index in [4.69, 9.17) is 23.6 Å². The fourth-order valence-corrected chi connectivity index (χ4v) is 3.60. The van der Waals surface area contributed by atoms with Gasteiger partial charge in [-0.1, -0.05) is 31.2 Å². The number of esters is 1. The van der Waals surface area contributed by atoms with E-state index in [0.717, 1.165) is 25.7 Å². The van der Waals surface area contributed by atoms with Crippen LogP contribution in [0.1, 0.15) is 70.7 Å². The zero-order chi connectivity index (χ0) is 22.4. The van der Waals surface area contributed by atoms with Crippen LogP contribution >= 0.6 is 0 Å². The fourth-order valence-electron chi connectivity index (χ4n) is 3.60. The highest BCUT2D eigenvalue weighted by Crippen LogP contribution is 2.44. The predicted octanol–water partition coefficient (Wildman–Crippen LogP) is 4.40. The van der Waals surface area contributed by atoms with Gasteiger partial charge in [-0.3, -0.25) is 0 Å². The minimum atomic E-state index is -0.316. The number of hydrogen-bond donors (Lipinski definition) is 0. The number of allylic oxidation sites excluding steroid dienone is 2. The summed E-state index contributed by atoms with van der Waals surface area (Å²) in [6, 6.07) is 9.18. The SMILES string of the molecule is CCC1(COC(=O)c2ccccc2)CC=C(B2OC(C)(C)C(C)(C)O2)CC1.O=C=O. The van der Waals surface area contributed by atoms with Gasteiger partial charge in [-0.25, -0.2) is 4.79 Å². The van der Waals surface area contributed by atoms with Crippen LogP contribution in [0, 0.1) is 5.41 Å². The molecule has 1 aromatic rings. The van der Waals surface area contributed by atoms with Crippen molar-refractivity contribution in [2.45, 2.75) is 71.5 Å². The fraction of sp³-hybridized carbons (Fsp3) is 0.565. The number of hydrogen-bond acceptors (Lipinski definition) is 6. The molecule has 0 aromatic heterocycles. The third-order valence-corrected chi connectivity index (χ3v) is 6.57. The maximum absolute atomic E-state index is 12.3. The molecule has 0 radical (unpaired) electrons. The van der Waals surface area contributed by atoms with E-state index >= 15 is 0 Å². The van der Waals surface area contributed by atoms with Crippen LogP contribution in [0.5, 0.6) is 0 Å². The second-order valence-corrected chi connectivity index (χ2v) is 8.95. The summed E-state index contributed by atoms with van der Waals surface area (Å²) in [4.78, 5) is 28.5. The van der Waals surface area contributed by atoms with Gasteiger partial charge in [-0.2, -0.15) is 9.59 Å². The monoisotopic (exact) mass is 414 g/mol. The first-order valence-corrected chi connectivity index (χ1v) is 10.4.